The van der Waals surface area contributed by atoms with E-state index in [9.17, 15) is 10.2 Å². The van der Waals surface area contributed by atoms with Crippen LogP contribution in [0.4, 0.5) is 0 Å². The third-order valence-electron chi connectivity index (χ3n) is 4.82. The molecule has 0 amide bonds. The van der Waals surface area contributed by atoms with Gasteiger partial charge in [0.05, 0.1) is 0 Å². The normalized spacial score (nSPS) is 13.6. The van der Waals surface area contributed by atoms with Crippen molar-refractivity contribution in [1.29, 1.82) is 0 Å². The molecule has 24 heavy (non-hydrogen) atoms. The van der Waals surface area contributed by atoms with Gasteiger partial charge in [-0.05, 0) is 60.1 Å². The van der Waals surface area contributed by atoms with Crippen LogP contribution in [-0.4, -0.2) is 10.2 Å². The molecule has 0 radical (unpaired) electrons. The highest BCUT2D eigenvalue weighted by molar-refractivity contribution is 5.36. The van der Waals surface area contributed by atoms with Crippen LogP contribution in [0.25, 0.3) is 0 Å². The summed E-state index contributed by atoms with van der Waals surface area (Å²) in [6.07, 6.45) is 6.86. The minimum Gasteiger partial charge on any atom is -0.508 e. The Morgan fingerprint density at radius 1 is 0.708 bits per heavy atom. The lowest BCUT2D eigenvalue weighted by atomic mass is 9.76. The zero-order valence-corrected chi connectivity index (χ0v) is 14.9. The van der Waals surface area contributed by atoms with Gasteiger partial charge >= 0.3 is 0 Å². The predicted molar refractivity (Wildman–Crippen MR) is 101 cm³/mol. The number of phenols is 2. The predicted octanol–water partition coefficient (Wildman–Crippen LogP) is 6.35. The van der Waals surface area contributed by atoms with Gasteiger partial charge in [0.1, 0.15) is 11.5 Å². The van der Waals surface area contributed by atoms with Gasteiger partial charge in [0.15, 0.2) is 0 Å². The van der Waals surface area contributed by atoms with Crippen LogP contribution in [0.5, 0.6) is 11.5 Å². The first kappa shape index (κ1) is 18.4. The molecule has 0 aliphatic rings. The number of rotatable bonds is 9. The zero-order valence-electron chi connectivity index (χ0n) is 14.9. The van der Waals surface area contributed by atoms with Crippen molar-refractivity contribution in [3.8, 4) is 11.5 Å². The van der Waals surface area contributed by atoms with E-state index in [1.54, 1.807) is 12.1 Å². The molecule has 0 fully saturated rings. The summed E-state index contributed by atoms with van der Waals surface area (Å²) in [6.45, 7) is 4.43. The van der Waals surface area contributed by atoms with E-state index in [4.69, 9.17) is 0 Å². The van der Waals surface area contributed by atoms with Gasteiger partial charge in [-0.15, -0.1) is 0 Å². The molecular weight excluding hydrogens is 296 g/mol. The first-order chi connectivity index (χ1) is 11.7. The molecule has 2 N–H and O–H groups in total. The second kappa shape index (κ2) is 9.36. The Morgan fingerprint density at radius 2 is 1.12 bits per heavy atom. The van der Waals surface area contributed by atoms with E-state index in [1.165, 1.54) is 24.0 Å². The van der Waals surface area contributed by atoms with Gasteiger partial charge in [-0.1, -0.05) is 63.8 Å². The lowest BCUT2D eigenvalue weighted by Crippen LogP contribution is -2.12. The Balaban J connectivity index is 2.39. The minimum atomic E-state index is 0.333. The minimum absolute atomic E-state index is 0.333. The van der Waals surface area contributed by atoms with Crippen LogP contribution in [0.3, 0.4) is 0 Å². The molecule has 0 aliphatic carbocycles. The Morgan fingerprint density at radius 3 is 1.46 bits per heavy atom. The third kappa shape index (κ3) is 5.02. The van der Waals surface area contributed by atoms with E-state index in [1.807, 2.05) is 24.3 Å². The maximum Gasteiger partial charge on any atom is 0.115 e. The van der Waals surface area contributed by atoms with E-state index in [-0.39, 0.29) is 0 Å². The first-order valence-electron chi connectivity index (χ1n) is 9.23. The van der Waals surface area contributed by atoms with Crippen molar-refractivity contribution in [2.24, 2.45) is 0 Å². The number of aromatic hydroxyl groups is 2. The average molecular weight is 326 g/mol. The highest BCUT2D eigenvalue weighted by atomic mass is 16.3. The van der Waals surface area contributed by atoms with Crippen molar-refractivity contribution in [1.82, 2.24) is 0 Å². The van der Waals surface area contributed by atoms with E-state index >= 15 is 0 Å². The summed E-state index contributed by atoms with van der Waals surface area (Å²) in [7, 11) is 0. The van der Waals surface area contributed by atoms with Crippen LogP contribution in [0.2, 0.25) is 0 Å². The molecule has 0 saturated carbocycles. The van der Waals surface area contributed by atoms with Crippen molar-refractivity contribution < 1.29 is 10.2 Å². The van der Waals surface area contributed by atoms with Gasteiger partial charge in [0, 0.05) is 0 Å². The summed E-state index contributed by atoms with van der Waals surface area (Å²) in [4.78, 5) is 0. The lowest BCUT2D eigenvalue weighted by molar-refractivity contribution is 0.438. The monoisotopic (exact) mass is 326 g/mol. The quantitative estimate of drug-likeness (QED) is 0.564. The fraction of sp³-hybridized carbons (Fsp3) is 0.455. The van der Waals surface area contributed by atoms with Gasteiger partial charge in [0.2, 0.25) is 0 Å². The van der Waals surface area contributed by atoms with E-state index in [2.05, 4.69) is 26.0 Å². The van der Waals surface area contributed by atoms with E-state index in [0.717, 1.165) is 25.7 Å². The zero-order chi connectivity index (χ0) is 17.4. The number of phenolic OH excluding ortho intramolecular Hbond substituents is 2. The topological polar surface area (TPSA) is 40.5 Å². The molecule has 0 spiro atoms. The van der Waals surface area contributed by atoms with Crippen LogP contribution >= 0.6 is 0 Å². The van der Waals surface area contributed by atoms with Crippen LogP contribution < -0.4 is 0 Å². The van der Waals surface area contributed by atoms with Gasteiger partial charge in [-0.25, -0.2) is 0 Å². The van der Waals surface area contributed by atoms with Crippen LogP contribution in [0.1, 0.15) is 75.3 Å². The maximum atomic E-state index is 9.92. The second-order valence-electron chi connectivity index (χ2n) is 6.69. The molecule has 0 unspecified atom stereocenters. The molecule has 2 aromatic carbocycles. The van der Waals surface area contributed by atoms with E-state index in [0.29, 0.717) is 23.3 Å². The molecule has 0 heterocycles. The third-order valence-corrected chi connectivity index (χ3v) is 4.82. The lowest BCUT2D eigenvalue weighted by Gasteiger charge is -2.28. The summed E-state index contributed by atoms with van der Waals surface area (Å²) in [5.74, 6) is 1.40. The second-order valence-corrected chi connectivity index (χ2v) is 6.69. The maximum absolute atomic E-state index is 9.92. The van der Waals surface area contributed by atoms with Crippen molar-refractivity contribution in [2.45, 2.75) is 64.2 Å². The summed E-state index contributed by atoms with van der Waals surface area (Å²) < 4.78 is 0. The Bertz CT molecular complexity index is 565. The summed E-state index contributed by atoms with van der Waals surface area (Å²) in [5.41, 5.74) is 2.40. The van der Waals surface area contributed by atoms with Crippen LogP contribution in [0.15, 0.2) is 48.5 Å². The summed E-state index contributed by atoms with van der Waals surface area (Å²) in [6, 6.07) is 15.4. The molecule has 0 aliphatic heterocycles. The smallest absolute Gasteiger partial charge is 0.115 e. The molecule has 2 heteroatoms. The highest BCUT2D eigenvalue weighted by Crippen LogP contribution is 2.41. The Hall–Kier alpha value is -1.96. The Labute approximate surface area is 146 Å². The number of hydrogen-bond donors (Lipinski definition) is 2. The van der Waals surface area contributed by atoms with Gasteiger partial charge in [-0.2, -0.15) is 0 Å². The summed E-state index contributed by atoms with van der Waals surface area (Å²) in [5, 5.41) is 19.8. The molecule has 0 bridgehead atoms. The molecular formula is C22H30O2. The molecule has 2 aromatic rings. The van der Waals surface area contributed by atoms with Crippen molar-refractivity contribution in [3.05, 3.63) is 59.7 Å². The molecule has 2 nitrogen and oxygen atoms in total. The van der Waals surface area contributed by atoms with Crippen LogP contribution in [-0.2, 0) is 0 Å². The van der Waals surface area contributed by atoms with Crippen LogP contribution in [0, 0.1) is 0 Å². The number of unbranched alkanes of at least 4 members (excludes halogenated alkanes) is 2. The standard InChI is InChI=1S/C22H30O2/c1-3-5-13-21(17-9-7-11-19(23)15-17)22(14-6-4-2)18-10-8-12-20(24)16-18/h7-12,15-16,21-24H,3-6,13-14H2,1-2H3/t21-,22-/m0/s1. The van der Waals surface area contributed by atoms with Gasteiger partial charge in [-0.3, -0.25) is 0 Å². The molecule has 2 rings (SSSR count). The van der Waals surface area contributed by atoms with Gasteiger partial charge < -0.3 is 10.2 Å². The van der Waals surface area contributed by atoms with Gasteiger partial charge in [0.25, 0.3) is 0 Å². The molecule has 0 aromatic heterocycles. The Kier molecular flexibility index (Phi) is 7.17. The first-order valence-corrected chi connectivity index (χ1v) is 9.23. The van der Waals surface area contributed by atoms with E-state index < -0.39 is 0 Å². The SMILES string of the molecule is CCCC[C@@H](c1cccc(O)c1)[C@@H](CCCC)c1cccc(O)c1. The summed E-state index contributed by atoms with van der Waals surface area (Å²) >= 11 is 0. The largest absolute Gasteiger partial charge is 0.508 e. The fourth-order valence-electron chi connectivity index (χ4n) is 3.56. The number of benzene rings is 2. The van der Waals surface area contributed by atoms with Crippen molar-refractivity contribution in [2.75, 3.05) is 0 Å². The average Bonchev–Trinajstić information content (AvgIpc) is 2.58. The molecule has 2 atom stereocenters. The van der Waals surface area contributed by atoms with Crippen molar-refractivity contribution >= 4 is 0 Å². The number of hydrogen-bond acceptors (Lipinski definition) is 2. The fourth-order valence-corrected chi connectivity index (χ4v) is 3.56. The molecule has 130 valence electrons. The molecule has 0 saturated heterocycles. The highest BCUT2D eigenvalue weighted by Gasteiger charge is 2.24. The van der Waals surface area contributed by atoms with Crippen molar-refractivity contribution in [3.63, 3.8) is 0 Å².